The highest BCUT2D eigenvalue weighted by atomic mass is 35.5. The van der Waals surface area contributed by atoms with Gasteiger partial charge in [-0.1, -0.05) is 23.2 Å². The lowest BCUT2D eigenvalue weighted by Crippen LogP contribution is -2.36. The molecule has 0 heterocycles. The summed E-state index contributed by atoms with van der Waals surface area (Å²) in [6.07, 6.45) is -0.807. The summed E-state index contributed by atoms with van der Waals surface area (Å²) in [7, 11) is 0. The van der Waals surface area contributed by atoms with Crippen molar-refractivity contribution in [3.63, 3.8) is 0 Å². The van der Waals surface area contributed by atoms with Gasteiger partial charge in [-0.05, 0) is 39.0 Å². The standard InChI is InChI=1S/C12H13Cl2NO3/c1-12(2,3)18-11(17)15-10(16)7-4-5-8(13)9(14)6-7/h4-6H,1-3H3,(H,15,16,17). The molecule has 0 aromatic heterocycles. The summed E-state index contributed by atoms with van der Waals surface area (Å²) < 4.78 is 4.95. The fourth-order valence-corrected chi connectivity index (χ4v) is 1.40. The van der Waals surface area contributed by atoms with Crippen molar-refractivity contribution in [3.05, 3.63) is 33.8 Å². The number of carbonyl (C=O) groups is 2. The van der Waals surface area contributed by atoms with Crippen LogP contribution in [0.2, 0.25) is 10.0 Å². The second-order valence-corrected chi connectivity index (χ2v) is 5.40. The minimum atomic E-state index is -0.807. The SMILES string of the molecule is CC(C)(C)OC(=O)NC(=O)c1ccc(Cl)c(Cl)c1. The highest BCUT2D eigenvalue weighted by Gasteiger charge is 2.19. The number of nitrogens with one attached hydrogen (secondary N) is 1. The zero-order valence-corrected chi connectivity index (χ0v) is 11.7. The first kappa shape index (κ1) is 14.8. The number of amides is 2. The monoisotopic (exact) mass is 289 g/mol. The number of halogens is 2. The minimum Gasteiger partial charge on any atom is -0.444 e. The summed E-state index contributed by atoms with van der Waals surface area (Å²) in [4.78, 5) is 23.1. The van der Waals surface area contributed by atoms with Crippen molar-refractivity contribution in [1.29, 1.82) is 0 Å². The van der Waals surface area contributed by atoms with Gasteiger partial charge in [0.2, 0.25) is 0 Å². The predicted molar refractivity (Wildman–Crippen MR) is 70.2 cm³/mol. The van der Waals surface area contributed by atoms with Crippen LogP contribution in [-0.4, -0.2) is 17.6 Å². The van der Waals surface area contributed by atoms with Crippen LogP contribution in [-0.2, 0) is 4.74 Å². The maximum atomic E-state index is 11.7. The molecular formula is C12H13Cl2NO3. The van der Waals surface area contributed by atoms with Crippen LogP contribution in [0.4, 0.5) is 4.79 Å². The Hall–Kier alpha value is -1.26. The van der Waals surface area contributed by atoms with Crippen LogP contribution in [0, 0.1) is 0 Å². The molecule has 1 aromatic carbocycles. The molecule has 0 bridgehead atoms. The van der Waals surface area contributed by atoms with Crippen LogP contribution in [0.3, 0.4) is 0 Å². The third-order valence-electron chi connectivity index (χ3n) is 1.80. The Labute approximate surface area is 115 Å². The quantitative estimate of drug-likeness (QED) is 0.858. The Kier molecular flexibility index (Phi) is 4.59. The van der Waals surface area contributed by atoms with Crippen molar-refractivity contribution in [2.75, 3.05) is 0 Å². The molecule has 0 saturated heterocycles. The summed E-state index contributed by atoms with van der Waals surface area (Å²) in [6, 6.07) is 4.32. The Bertz CT molecular complexity index is 481. The number of benzene rings is 1. The van der Waals surface area contributed by atoms with E-state index in [0.29, 0.717) is 5.02 Å². The summed E-state index contributed by atoms with van der Waals surface area (Å²) in [5.41, 5.74) is -0.433. The maximum Gasteiger partial charge on any atom is 0.414 e. The zero-order chi connectivity index (χ0) is 13.9. The molecule has 0 atom stereocenters. The molecule has 0 aliphatic carbocycles. The van der Waals surface area contributed by atoms with Crippen LogP contribution >= 0.6 is 23.2 Å². The number of rotatable bonds is 1. The van der Waals surface area contributed by atoms with Crippen molar-refractivity contribution in [2.45, 2.75) is 26.4 Å². The number of ether oxygens (including phenoxy) is 1. The van der Waals surface area contributed by atoms with Crippen LogP contribution < -0.4 is 5.32 Å². The van der Waals surface area contributed by atoms with Gasteiger partial charge in [-0.3, -0.25) is 10.1 Å². The number of carbonyl (C=O) groups excluding carboxylic acids is 2. The molecule has 0 unspecified atom stereocenters. The second kappa shape index (κ2) is 5.59. The third kappa shape index (κ3) is 4.55. The lowest BCUT2D eigenvalue weighted by molar-refractivity contribution is 0.0508. The average Bonchev–Trinajstić information content (AvgIpc) is 2.18. The van der Waals surface area contributed by atoms with Gasteiger partial charge in [-0.2, -0.15) is 0 Å². The van der Waals surface area contributed by atoms with Crippen LogP contribution in [0.1, 0.15) is 31.1 Å². The minimum absolute atomic E-state index is 0.232. The number of alkyl carbamates (subject to hydrolysis) is 1. The largest absolute Gasteiger partial charge is 0.444 e. The molecule has 0 fully saturated rings. The molecule has 0 spiro atoms. The van der Waals surface area contributed by atoms with E-state index in [0.717, 1.165) is 0 Å². The van der Waals surface area contributed by atoms with Crippen molar-refractivity contribution >= 4 is 35.2 Å². The van der Waals surface area contributed by atoms with Crippen LogP contribution in [0.5, 0.6) is 0 Å². The first-order valence-corrected chi connectivity index (χ1v) is 5.94. The Morgan fingerprint density at radius 1 is 1.17 bits per heavy atom. The van der Waals surface area contributed by atoms with E-state index in [4.69, 9.17) is 27.9 Å². The summed E-state index contributed by atoms with van der Waals surface area (Å²) in [6.45, 7) is 5.11. The summed E-state index contributed by atoms with van der Waals surface area (Å²) in [5.74, 6) is -0.595. The lowest BCUT2D eigenvalue weighted by Gasteiger charge is -2.19. The molecule has 6 heteroatoms. The van der Waals surface area contributed by atoms with Crippen molar-refractivity contribution in [3.8, 4) is 0 Å². The fraction of sp³-hybridized carbons (Fsp3) is 0.333. The van der Waals surface area contributed by atoms with E-state index >= 15 is 0 Å². The number of imide groups is 1. The molecule has 4 nitrogen and oxygen atoms in total. The molecule has 1 rings (SSSR count). The Morgan fingerprint density at radius 3 is 2.28 bits per heavy atom. The highest BCUT2D eigenvalue weighted by molar-refractivity contribution is 6.42. The van der Waals surface area contributed by atoms with Crippen LogP contribution in [0.25, 0.3) is 0 Å². The van der Waals surface area contributed by atoms with E-state index in [9.17, 15) is 9.59 Å². The second-order valence-electron chi connectivity index (χ2n) is 4.58. The highest BCUT2D eigenvalue weighted by Crippen LogP contribution is 2.22. The van der Waals surface area contributed by atoms with Gasteiger partial charge in [0.05, 0.1) is 10.0 Å². The normalized spacial score (nSPS) is 10.9. The Balaban J connectivity index is 2.71. The maximum absolute atomic E-state index is 11.7. The molecule has 98 valence electrons. The van der Waals surface area contributed by atoms with E-state index in [2.05, 4.69) is 5.32 Å². The van der Waals surface area contributed by atoms with Gasteiger partial charge < -0.3 is 4.74 Å². The van der Waals surface area contributed by atoms with Gasteiger partial charge in [-0.25, -0.2) is 4.79 Å². The van der Waals surface area contributed by atoms with E-state index in [1.807, 2.05) is 0 Å². The number of hydrogen-bond donors (Lipinski definition) is 1. The molecule has 0 saturated carbocycles. The zero-order valence-electron chi connectivity index (χ0n) is 10.2. The van der Waals surface area contributed by atoms with Crippen molar-refractivity contribution in [2.24, 2.45) is 0 Å². The molecule has 1 aromatic rings. The average molecular weight is 290 g/mol. The van der Waals surface area contributed by atoms with Gasteiger partial charge in [-0.15, -0.1) is 0 Å². The van der Waals surface area contributed by atoms with Gasteiger partial charge in [0.15, 0.2) is 0 Å². The fourth-order valence-electron chi connectivity index (χ4n) is 1.11. The Morgan fingerprint density at radius 2 is 1.78 bits per heavy atom. The molecule has 18 heavy (non-hydrogen) atoms. The summed E-state index contributed by atoms with van der Waals surface area (Å²) in [5, 5.41) is 2.68. The van der Waals surface area contributed by atoms with E-state index < -0.39 is 17.6 Å². The van der Waals surface area contributed by atoms with E-state index in [1.165, 1.54) is 18.2 Å². The first-order chi connectivity index (χ1) is 8.19. The molecule has 1 N–H and O–H groups in total. The molecule has 2 amide bonds. The predicted octanol–water partition coefficient (Wildman–Crippen LogP) is 3.66. The van der Waals surface area contributed by atoms with Gasteiger partial charge >= 0.3 is 6.09 Å². The first-order valence-electron chi connectivity index (χ1n) is 5.18. The topological polar surface area (TPSA) is 55.4 Å². The van der Waals surface area contributed by atoms with E-state index in [1.54, 1.807) is 20.8 Å². The van der Waals surface area contributed by atoms with E-state index in [-0.39, 0.29) is 10.6 Å². The number of hydrogen-bond acceptors (Lipinski definition) is 3. The van der Waals surface area contributed by atoms with Gasteiger partial charge in [0.25, 0.3) is 5.91 Å². The van der Waals surface area contributed by atoms with Crippen LogP contribution in [0.15, 0.2) is 18.2 Å². The smallest absolute Gasteiger partial charge is 0.414 e. The molecule has 0 aliphatic rings. The molecule has 0 aliphatic heterocycles. The van der Waals surface area contributed by atoms with Gasteiger partial charge in [0.1, 0.15) is 5.60 Å². The lowest BCUT2D eigenvalue weighted by atomic mass is 10.2. The molecular weight excluding hydrogens is 277 g/mol. The van der Waals surface area contributed by atoms with Gasteiger partial charge in [0, 0.05) is 5.56 Å². The van der Waals surface area contributed by atoms with Crippen molar-refractivity contribution < 1.29 is 14.3 Å². The van der Waals surface area contributed by atoms with Crippen molar-refractivity contribution in [1.82, 2.24) is 5.32 Å². The summed E-state index contributed by atoms with van der Waals surface area (Å²) >= 11 is 11.5. The third-order valence-corrected chi connectivity index (χ3v) is 2.54. The molecule has 0 radical (unpaired) electrons.